The van der Waals surface area contributed by atoms with Crippen molar-refractivity contribution in [2.75, 3.05) is 11.1 Å². The number of thioether (sulfide) groups is 1. The molecule has 5 rings (SSSR count). The van der Waals surface area contributed by atoms with Gasteiger partial charge in [0.15, 0.2) is 6.29 Å². The Kier molecular flexibility index (Phi) is 5.18. The lowest BCUT2D eigenvalue weighted by Crippen LogP contribution is -2.25. The van der Waals surface area contributed by atoms with Crippen LogP contribution in [0.25, 0.3) is 5.69 Å². The average molecular weight is 429 g/mol. The molecule has 0 unspecified atom stereocenters. The van der Waals surface area contributed by atoms with E-state index in [9.17, 15) is 4.79 Å². The third kappa shape index (κ3) is 3.48. The van der Waals surface area contributed by atoms with E-state index in [2.05, 4.69) is 23.7 Å². The van der Waals surface area contributed by atoms with Crippen molar-refractivity contribution in [3.8, 4) is 5.69 Å². The van der Waals surface area contributed by atoms with Gasteiger partial charge in [-0.05, 0) is 36.8 Å². The van der Waals surface area contributed by atoms with Gasteiger partial charge in [-0.1, -0.05) is 33.1 Å². The minimum Gasteiger partial charge on any atom is -0.382 e. The normalized spacial score (nSPS) is 20.6. The predicted molar refractivity (Wildman–Crippen MR) is 118 cm³/mol. The van der Waals surface area contributed by atoms with E-state index in [4.69, 9.17) is 4.74 Å². The molecule has 3 heterocycles. The highest BCUT2D eigenvalue weighted by atomic mass is 32.2. The standard InChI is InChI=1S/C24H29FN2O2S/c1-24(2)10-21-23(30-14-24)18-12-29-13-22(18)27(21)16-8-19(25)17(11-28)20(9-16)26-15-6-4-3-5-7-15/h8-9,11,15,26H,3-7,10,12-14H2,1-2H3. The molecule has 1 aromatic heterocycles. The van der Waals surface area contributed by atoms with Crippen molar-refractivity contribution in [1.82, 2.24) is 4.57 Å². The SMILES string of the molecule is CC1(C)CSc2c3c(n(-c4cc(F)c(C=O)c(NC5CCCCC5)c4)c2C1)COC3. The number of carbonyl (C=O) groups excluding carboxylic acids is 1. The molecule has 0 saturated heterocycles. The number of rotatable bonds is 4. The van der Waals surface area contributed by atoms with E-state index in [1.807, 2.05) is 17.8 Å². The van der Waals surface area contributed by atoms with E-state index in [0.717, 1.165) is 36.4 Å². The highest BCUT2D eigenvalue weighted by molar-refractivity contribution is 7.99. The Labute approximate surface area is 181 Å². The number of ether oxygens (including phenoxy) is 1. The fourth-order valence-electron chi connectivity index (χ4n) is 5.11. The van der Waals surface area contributed by atoms with Crippen LogP contribution in [-0.4, -0.2) is 22.6 Å². The largest absolute Gasteiger partial charge is 0.382 e. The first-order valence-electron chi connectivity index (χ1n) is 11.0. The first kappa shape index (κ1) is 20.1. The van der Waals surface area contributed by atoms with E-state index in [1.165, 1.54) is 41.5 Å². The summed E-state index contributed by atoms with van der Waals surface area (Å²) >= 11 is 1.89. The zero-order chi connectivity index (χ0) is 20.9. The van der Waals surface area contributed by atoms with Gasteiger partial charge in [-0.15, -0.1) is 11.8 Å². The number of anilines is 1. The maximum Gasteiger partial charge on any atom is 0.155 e. The first-order valence-corrected chi connectivity index (χ1v) is 12.0. The van der Waals surface area contributed by atoms with Gasteiger partial charge in [-0.2, -0.15) is 0 Å². The summed E-state index contributed by atoms with van der Waals surface area (Å²) in [5.41, 5.74) is 5.37. The minimum atomic E-state index is -0.460. The van der Waals surface area contributed by atoms with E-state index in [0.29, 0.717) is 31.2 Å². The van der Waals surface area contributed by atoms with E-state index in [1.54, 1.807) is 0 Å². The van der Waals surface area contributed by atoms with E-state index >= 15 is 4.39 Å². The molecule has 2 aromatic rings. The Balaban J connectivity index is 1.62. The van der Waals surface area contributed by atoms with Gasteiger partial charge in [0.25, 0.3) is 0 Å². The van der Waals surface area contributed by atoms with E-state index in [-0.39, 0.29) is 11.0 Å². The Morgan fingerprint density at radius 2 is 2.00 bits per heavy atom. The molecule has 0 bridgehead atoms. The summed E-state index contributed by atoms with van der Waals surface area (Å²) in [6.07, 6.45) is 7.33. The number of aromatic nitrogens is 1. The number of carbonyl (C=O) groups is 1. The van der Waals surface area contributed by atoms with Crippen LogP contribution in [0, 0.1) is 11.2 Å². The Morgan fingerprint density at radius 1 is 1.20 bits per heavy atom. The molecule has 0 spiro atoms. The zero-order valence-electron chi connectivity index (χ0n) is 17.7. The van der Waals surface area contributed by atoms with Gasteiger partial charge in [0.05, 0.1) is 30.2 Å². The second kappa shape index (κ2) is 7.72. The lowest BCUT2D eigenvalue weighted by Gasteiger charge is -2.31. The molecule has 0 radical (unpaired) electrons. The molecule has 1 saturated carbocycles. The summed E-state index contributed by atoms with van der Waals surface area (Å²) in [5.74, 6) is 0.613. The van der Waals surface area contributed by atoms with Crippen LogP contribution in [-0.2, 0) is 24.4 Å². The molecule has 2 aliphatic heterocycles. The third-order valence-electron chi connectivity index (χ3n) is 6.62. The highest BCUT2D eigenvalue weighted by Crippen LogP contribution is 2.47. The highest BCUT2D eigenvalue weighted by Gasteiger charge is 2.35. The fourth-order valence-corrected chi connectivity index (χ4v) is 6.43. The van der Waals surface area contributed by atoms with Gasteiger partial charge >= 0.3 is 0 Å². The van der Waals surface area contributed by atoms with Crippen molar-refractivity contribution in [3.63, 3.8) is 0 Å². The number of fused-ring (bicyclic) bond motifs is 3. The maximum atomic E-state index is 15.1. The van der Waals surface area contributed by atoms with Gasteiger partial charge in [-0.3, -0.25) is 4.79 Å². The molecule has 160 valence electrons. The van der Waals surface area contributed by atoms with Gasteiger partial charge in [0.2, 0.25) is 0 Å². The summed E-state index contributed by atoms with van der Waals surface area (Å²) in [6.45, 7) is 5.74. The van der Waals surface area contributed by atoms with Gasteiger partial charge in [-0.25, -0.2) is 4.39 Å². The summed E-state index contributed by atoms with van der Waals surface area (Å²) in [7, 11) is 0. The summed E-state index contributed by atoms with van der Waals surface area (Å²) < 4.78 is 23.0. The molecule has 6 heteroatoms. The quantitative estimate of drug-likeness (QED) is 0.618. The second-order valence-corrected chi connectivity index (χ2v) is 10.6. The van der Waals surface area contributed by atoms with Crippen LogP contribution in [0.5, 0.6) is 0 Å². The topological polar surface area (TPSA) is 43.3 Å². The second-order valence-electron chi connectivity index (χ2n) is 9.64. The first-order chi connectivity index (χ1) is 14.5. The van der Waals surface area contributed by atoms with Gasteiger partial charge in [0.1, 0.15) is 5.82 Å². The zero-order valence-corrected chi connectivity index (χ0v) is 18.5. The number of hydrogen-bond donors (Lipinski definition) is 1. The van der Waals surface area contributed by atoms with Crippen LogP contribution >= 0.6 is 11.8 Å². The van der Waals surface area contributed by atoms with Crippen LogP contribution in [0.3, 0.4) is 0 Å². The number of nitrogens with one attached hydrogen (secondary N) is 1. The van der Waals surface area contributed by atoms with Crippen molar-refractivity contribution in [2.45, 2.75) is 76.5 Å². The molecular formula is C24H29FN2O2S. The van der Waals surface area contributed by atoms with Crippen LogP contribution in [0.2, 0.25) is 0 Å². The molecule has 1 fully saturated rings. The minimum absolute atomic E-state index is 0.132. The maximum absolute atomic E-state index is 15.1. The lowest BCUT2D eigenvalue weighted by molar-refractivity contribution is 0.112. The van der Waals surface area contributed by atoms with Crippen molar-refractivity contribution < 1.29 is 13.9 Å². The molecular weight excluding hydrogens is 399 g/mol. The number of hydrogen-bond acceptors (Lipinski definition) is 4. The van der Waals surface area contributed by atoms with E-state index < -0.39 is 5.82 Å². The molecule has 3 aliphatic rings. The van der Waals surface area contributed by atoms with Crippen LogP contribution in [0.15, 0.2) is 17.0 Å². The summed E-state index contributed by atoms with van der Waals surface area (Å²) in [4.78, 5) is 13.0. The van der Waals surface area contributed by atoms with Crippen molar-refractivity contribution in [3.05, 3.63) is 40.5 Å². The smallest absolute Gasteiger partial charge is 0.155 e. The molecule has 1 N–H and O–H groups in total. The van der Waals surface area contributed by atoms with Gasteiger partial charge < -0.3 is 14.6 Å². The monoisotopic (exact) mass is 428 g/mol. The van der Waals surface area contributed by atoms with Crippen molar-refractivity contribution in [2.24, 2.45) is 5.41 Å². The molecule has 0 amide bonds. The summed E-state index contributed by atoms with van der Waals surface area (Å²) in [5, 5.41) is 3.49. The van der Waals surface area contributed by atoms with Crippen LogP contribution < -0.4 is 5.32 Å². The number of halogens is 1. The number of benzene rings is 1. The van der Waals surface area contributed by atoms with Crippen LogP contribution in [0.4, 0.5) is 10.1 Å². The van der Waals surface area contributed by atoms with Gasteiger partial charge in [0, 0.05) is 33.6 Å². The molecule has 0 atom stereocenters. The molecule has 1 aromatic carbocycles. The molecule has 30 heavy (non-hydrogen) atoms. The lowest BCUT2D eigenvalue weighted by atomic mass is 9.89. The Hall–Kier alpha value is -1.79. The fraction of sp³-hybridized carbons (Fsp3) is 0.542. The number of aldehydes is 1. The predicted octanol–water partition coefficient (Wildman–Crippen LogP) is 5.88. The molecule has 4 nitrogen and oxygen atoms in total. The molecule has 1 aliphatic carbocycles. The van der Waals surface area contributed by atoms with Crippen LogP contribution in [0.1, 0.15) is 73.3 Å². The third-order valence-corrected chi connectivity index (χ3v) is 8.31. The van der Waals surface area contributed by atoms with Crippen molar-refractivity contribution in [1.29, 1.82) is 0 Å². The Bertz CT molecular complexity index is 992. The summed E-state index contributed by atoms with van der Waals surface area (Å²) in [6, 6.07) is 3.78. The van der Waals surface area contributed by atoms with Crippen molar-refractivity contribution >= 4 is 23.7 Å². The average Bonchev–Trinajstić information content (AvgIpc) is 3.28. The Morgan fingerprint density at radius 3 is 2.77 bits per heavy atom. The number of nitrogens with zero attached hydrogens (tertiary/aromatic N) is 1.